The summed E-state index contributed by atoms with van der Waals surface area (Å²) < 4.78 is 11.1. The molecule has 1 atom stereocenters. The second-order valence-electron chi connectivity index (χ2n) is 7.17. The Bertz CT molecular complexity index is 785. The van der Waals surface area contributed by atoms with E-state index in [2.05, 4.69) is 5.32 Å². The van der Waals surface area contributed by atoms with Crippen molar-refractivity contribution in [3.8, 4) is 5.75 Å². The number of hydrogen-bond donors (Lipinski definition) is 2. The number of benzene rings is 1. The molecule has 1 aromatic heterocycles. The van der Waals surface area contributed by atoms with Crippen LogP contribution in [0.15, 0.2) is 22.6 Å². The quantitative estimate of drug-likeness (QED) is 0.749. The maximum atomic E-state index is 12.1. The summed E-state index contributed by atoms with van der Waals surface area (Å²) in [4.78, 5) is 23.6. The molecule has 0 aliphatic carbocycles. The summed E-state index contributed by atoms with van der Waals surface area (Å²) >= 11 is 0. The molecule has 0 aliphatic heterocycles. The molecule has 1 unspecified atom stereocenters. The van der Waals surface area contributed by atoms with Crippen molar-refractivity contribution in [3.63, 3.8) is 0 Å². The van der Waals surface area contributed by atoms with Crippen LogP contribution in [-0.2, 0) is 0 Å². The van der Waals surface area contributed by atoms with Crippen LogP contribution in [0.3, 0.4) is 0 Å². The van der Waals surface area contributed by atoms with Crippen LogP contribution in [0.2, 0.25) is 0 Å². The van der Waals surface area contributed by atoms with Gasteiger partial charge in [-0.3, -0.25) is 9.59 Å². The Morgan fingerprint density at radius 2 is 1.92 bits per heavy atom. The van der Waals surface area contributed by atoms with E-state index in [1.54, 1.807) is 18.2 Å². The lowest BCUT2D eigenvalue weighted by atomic mass is 10.1. The van der Waals surface area contributed by atoms with E-state index in [9.17, 15) is 14.7 Å². The number of carbonyl (C=O) groups is 2. The monoisotopic (exact) mass is 347 g/mol. The normalized spacial score (nSPS) is 13.0. The summed E-state index contributed by atoms with van der Waals surface area (Å²) in [7, 11) is 0. The average molecular weight is 347 g/mol. The van der Waals surface area contributed by atoms with Crippen molar-refractivity contribution in [1.29, 1.82) is 0 Å². The van der Waals surface area contributed by atoms with Crippen LogP contribution in [0.1, 0.15) is 55.5 Å². The number of aliphatic hydroxyl groups excluding tert-OH is 1. The summed E-state index contributed by atoms with van der Waals surface area (Å²) in [6.07, 6.45) is -0.716. The highest BCUT2D eigenvalue weighted by molar-refractivity contribution is 6.10. The molecule has 0 fully saturated rings. The lowest BCUT2D eigenvalue weighted by molar-refractivity contribution is 0.0952. The van der Waals surface area contributed by atoms with Gasteiger partial charge in [0.2, 0.25) is 0 Å². The standard InChI is InChI=1S/C19H25NO5/c1-11(21)17-8-14-15(25-17)6-7-16(18(14)12(2)22)24-10-13(23)9-20-19(3,4)5/h6-8,13,20,23H,9-10H2,1-5H3. The van der Waals surface area contributed by atoms with Gasteiger partial charge in [0, 0.05) is 24.4 Å². The zero-order chi connectivity index (χ0) is 18.8. The second kappa shape index (κ2) is 7.37. The highest BCUT2D eigenvalue weighted by Gasteiger charge is 2.19. The number of carbonyl (C=O) groups excluding carboxylic acids is 2. The largest absolute Gasteiger partial charge is 0.490 e. The third-order valence-electron chi connectivity index (χ3n) is 3.66. The van der Waals surface area contributed by atoms with Crippen molar-refractivity contribution in [1.82, 2.24) is 5.32 Å². The number of β-amino-alcohol motifs (C(OH)–C–C–N with tert-alkyl or cyclic N) is 1. The zero-order valence-electron chi connectivity index (χ0n) is 15.3. The lowest BCUT2D eigenvalue weighted by Gasteiger charge is -2.23. The van der Waals surface area contributed by atoms with Crippen LogP contribution in [0.5, 0.6) is 5.75 Å². The van der Waals surface area contributed by atoms with Gasteiger partial charge in [-0.1, -0.05) is 0 Å². The Morgan fingerprint density at radius 3 is 2.48 bits per heavy atom. The topological polar surface area (TPSA) is 88.8 Å². The lowest BCUT2D eigenvalue weighted by Crippen LogP contribution is -2.42. The highest BCUT2D eigenvalue weighted by Crippen LogP contribution is 2.31. The van der Waals surface area contributed by atoms with Gasteiger partial charge in [0.1, 0.15) is 24.0 Å². The first-order chi connectivity index (χ1) is 11.6. The van der Waals surface area contributed by atoms with Gasteiger partial charge in [0.05, 0.1) is 5.56 Å². The van der Waals surface area contributed by atoms with Crippen LogP contribution < -0.4 is 10.1 Å². The molecular weight excluding hydrogens is 322 g/mol. The maximum Gasteiger partial charge on any atom is 0.194 e. The van der Waals surface area contributed by atoms with Crippen LogP contribution in [0.4, 0.5) is 0 Å². The first-order valence-electron chi connectivity index (χ1n) is 8.23. The van der Waals surface area contributed by atoms with Gasteiger partial charge in [0.15, 0.2) is 17.3 Å². The molecule has 6 heteroatoms. The molecular formula is C19H25NO5. The third kappa shape index (κ3) is 4.90. The van der Waals surface area contributed by atoms with E-state index < -0.39 is 6.10 Å². The predicted octanol–water partition coefficient (Wildman–Crippen LogP) is 2.97. The van der Waals surface area contributed by atoms with E-state index in [-0.39, 0.29) is 29.5 Å². The van der Waals surface area contributed by atoms with Gasteiger partial charge in [-0.15, -0.1) is 0 Å². The molecule has 2 N–H and O–H groups in total. The van der Waals surface area contributed by atoms with Crippen molar-refractivity contribution in [2.45, 2.75) is 46.3 Å². The Balaban J connectivity index is 2.21. The molecule has 1 aromatic carbocycles. The second-order valence-corrected chi connectivity index (χ2v) is 7.17. The predicted molar refractivity (Wildman–Crippen MR) is 95.5 cm³/mol. The number of furan rings is 1. The minimum absolute atomic E-state index is 0.0479. The van der Waals surface area contributed by atoms with E-state index in [0.717, 1.165) is 0 Å². The van der Waals surface area contributed by atoms with Gasteiger partial charge in [-0.2, -0.15) is 0 Å². The number of Topliss-reactive ketones (excluding diaryl/α,β-unsaturated/α-hetero) is 2. The molecule has 0 saturated carbocycles. The molecule has 0 bridgehead atoms. The summed E-state index contributed by atoms with van der Waals surface area (Å²) in [6.45, 7) is 9.28. The molecule has 6 nitrogen and oxygen atoms in total. The Morgan fingerprint density at radius 1 is 1.24 bits per heavy atom. The fourth-order valence-electron chi connectivity index (χ4n) is 2.42. The van der Waals surface area contributed by atoms with Crippen molar-refractivity contribution >= 4 is 22.5 Å². The number of hydrogen-bond acceptors (Lipinski definition) is 6. The zero-order valence-corrected chi connectivity index (χ0v) is 15.3. The summed E-state index contributed by atoms with van der Waals surface area (Å²) in [5.74, 6) is 0.158. The van der Waals surface area contributed by atoms with Crippen molar-refractivity contribution in [3.05, 3.63) is 29.5 Å². The Hall–Kier alpha value is -2.18. The van der Waals surface area contributed by atoms with Gasteiger partial charge in [-0.25, -0.2) is 0 Å². The first-order valence-corrected chi connectivity index (χ1v) is 8.23. The highest BCUT2D eigenvalue weighted by atomic mass is 16.5. The number of fused-ring (bicyclic) bond motifs is 1. The Labute approximate surface area is 147 Å². The van der Waals surface area contributed by atoms with Crippen molar-refractivity contribution in [2.75, 3.05) is 13.2 Å². The summed E-state index contributed by atoms with van der Waals surface area (Å²) in [5, 5.41) is 13.8. The van der Waals surface area contributed by atoms with Gasteiger partial charge in [0.25, 0.3) is 0 Å². The molecule has 0 radical (unpaired) electrons. The number of nitrogens with one attached hydrogen (secondary N) is 1. The Kier molecular flexibility index (Phi) is 5.65. The summed E-state index contributed by atoms with van der Waals surface area (Å²) in [5.41, 5.74) is 0.701. The number of rotatable bonds is 7. The molecule has 0 aliphatic rings. The third-order valence-corrected chi connectivity index (χ3v) is 3.66. The molecule has 2 aromatic rings. The maximum absolute atomic E-state index is 12.1. The SMILES string of the molecule is CC(=O)c1cc2c(C(C)=O)c(OCC(O)CNC(C)(C)C)ccc2o1. The molecule has 2 rings (SSSR count). The van der Waals surface area contributed by atoms with Gasteiger partial charge < -0.3 is 19.6 Å². The van der Waals surface area contributed by atoms with E-state index in [0.29, 0.717) is 28.8 Å². The average Bonchev–Trinajstić information content (AvgIpc) is 2.93. The number of ether oxygens (including phenoxy) is 1. The first kappa shape index (κ1) is 19.1. The van der Waals surface area contributed by atoms with E-state index >= 15 is 0 Å². The molecule has 1 heterocycles. The van der Waals surface area contributed by atoms with E-state index in [1.807, 2.05) is 20.8 Å². The smallest absolute Gasteiger partial charge is 0.194 e. The van der Waals surface area contributed by atoms with Crippen molar-refractivity contribution in [2.24, 2.45) is 0 Å². The van der Waals surface area contributed by atoms with Crippen molar-refractivity contribution < 1.29 is 23.8 Å². The van der Waals surface area contributed by atoms with E-state index in [4.69, 9.17) is 9.15 Å². The fraction of sp³-hybridized carbons (Fsp3) is 0.474. The molecule has 25 heavy (non-hydrogen) atoms. The molecule has 0 amide bonds. The minimum atomic E-state index is -0.716. The molecule has 0 saturated heterocycles. The molecule has 136 valence electrons. The van der Waals surface area contributed by atoms with Crippen LogP contribution in [0, 0.1) is 0 Å². The van der Waals surface area contributed by atoms with Crippen LogP contribution in [-0.4, -0.2) is 41.5 Å². The fourth-order valence-corrected chi connectivity index (χ4v) is 2.42. The van der Waals surface area contributed by atoms with Gasteiger partial charge in [-0.05, 0) is 45.9 Å². The minimum Gasteiger partial charge on any atom is -0.490 e. The van der Waals surface area contributed by atoms with E-state index in [1.165, 1.54) is 13.8 Å². The van der Waals surface area contributed by atoms with Crippen LogP contribution >= 0.6 is 0 Å². The summed E-state index contributed by atoms with van der Waals surface area (Å²) in [6, 6.07) is 4.83. The number of aliphatic hydroxyl groups is 1. The van der Waals surface area contributed by atoms with Crippen LogP contribution in [0.25, 0.3) is 11.0 Å². The van der Waals surface area contributed by atoms with Gasteiger partial charge >= 0.3 is 0 Å². The molecule has 0 spiro atoms. The number of ketones is 2.